The van der Waals surface area contributed by atoms with Crippen LogP contribution in [0.25, 0.3) is 10.2 Å². The van der Waals surface area contributed by atoms with Crippen molar-refractivity contribution in [3.63, 3.8) is 0 Å². The Bertz CT molecular complexity index is 479. The highest BCUT2D eigenvalue weighted by molar-refractivity contribution is 7.18. The lowest BCUT2D eigenvalue weighted by Gasteiger charge is -1.90. The van der Waals surface area contributed by atoms with Crippen LogP contribution in [-0.4, -0.2) is 11.3 Å². The fourth-order valence-electron chi connectivity index (χ4n) is 1.17. The highest BCUT2D eigenvalue weighted by atomic mass is 32.1. The molecule has 0 aliphatic rings. The van der Waals surface area contributed by atoms with Gasteiger partial charge in [0.2, 0.25) is 0 Å². The number of rotatable bonds is 2. The van der Waals surface area contributed by atoms with Crippen molar-refractivity contribution in [2.45, 2.75) is 5.92 Å². The first-order valence-electron chi connectivity index (χ1n) is 4.05. The molecule has 0 aliphatic heterocycles. The molecular formula is C10H6N2OS. The number of carbonyl (C=O) groups is 1. The van der Waals surface area contributed by atoms with Gasteiger partial charge < -0.3 is 4.79 Å². The normalized spacial score (nSPS) is 12.2. The van der Waals surface area contributed by atoms with Gasteiger partial charge in [-0.15, -0.1) is 11.3 Å². The predicted molar refractivity (Wildman–Crippen MR) is 54.0 cm³/mol. The maximum absolute atomic E-state index is 10.6. The molecule has 0 spiro atoms. The minimum Gasteiger partial charge on any atom is -0.301 e. The molecule has 0 fully saturated rings. The Morgan fingerprint density at radius 3 is 2.93 bits per heavy atom. The van der Waals surface area contributed by atoms with Crippen LogP contribution in [0.5, 0.6) is 0 Å². The van der Waals surface area contributed by atoms with E-state index in [-0.39, 0.29) is 0 Å². The van der Waals surface area contributed by atoms with Gasteiger partial charge in [0.25, 0.3) is 0 Å². The molecule has 0 bridgehead atoms. The largest absolute Gasteiger partial charge is 0.301 e. The zero-order chi connectivity index (χ0) is 9.97. The molecule has 14 heavy (non-hydrogen) atoms. The summed E-state index contributed by atoms with van der Waals surface area (Å²) in [7, 11) is 0. The lowest BCUT2D eigenvalue weighted by Crippen LogP contribution is -1.94. The quantitative estimate of drug-likeness (QED) is 0.701. The van der Waals surface area contributed by atoms with Crippen LogP contribution in [0, 0.1) is 11.3 Å². The number of aldehydes is 1. The van der Waals surface area contributed by atoms with Crippen LogP contribution in [0.15, 0.2) is 24.3 Å². The second-order valence-corrected chi connectivity index (χ2v) is 3.82. The number of fused-ring (bicyclic) bond motifs is 1. The van der Waals surface area contributed by atoms with E-state index >= 15 is 0 Å². The molecule has 1 heterocycles. The number of hydrogen-bond donors (Lipinski definition) is 0. The molecule has 1 aromatic carbocycles. The molecule has 3 nitrogen and oxygen atoms in total. The van der Waals surface area contributed by atoms with Crippen molar-refractivity contribution in [3.8, 4) is 6.07 Å². The van der Waals surface area contributed by atoms with Gasteiger partial charge in [-0.2, -0.15) is 5.26 Å². The number of benzene rings is 1. The number of carbonyl (C=O) groups excluding carboxylic acids is 1. The summed E-state index contributed by atoms with van der Waals surface area (Å²) in [6, 6.07) is 9.50. The molecule has 2 rings (SSSR count). The predicted octanol–water partition coefficient (Wildman–Crippen LogP) is 2.10. The summed E-state index contributed by atoms with van der Waals surface area (Å²) in [6.45, 7) is 0. The van der Waals surface area contributed by atoms with Crippen LogP contribution in [0.4, 0.5) is 0 Å². The smallest absolute Gasteiger partial charge is 0.153 e. The Hall–Kier alpha value is -1.73. The van der Waals surface area contributed by atoms with Crippen LogP contribution < -0.4 is 0 Å². The summed E-state index contributed by atoms with van der Waals surface area (Å²) in [5.41, 5.74) is 0.842. The van der Waals surface area contributed by atoms with Crippen molar-refractivity contribution in [1.29, 1.82) is 5.26 Å². The van der Waals surface area contributed by atoms with Gasteiger partial charge in [-0.05, 0) is 12.1 Å². The van der Waals surface area contributed by atoms with E-state index in [0.717, 1.165) is 10.2 Å². The van der Waals surface area contributed by atoms with Gasteiger partial charge in [-0.25, -0.2) is 4.98 Å². The van der Waals surface area contributed by atoms with Crippen molar-refractivity contribution >= 4 is 27.8 Å². The van der Waals surface area contributed by atoms with Crippen LogP contribution in [0.3, 0.4) is 0 Å². The van der Waals surface area contributed by atoms with E-state index in [2.05, 4.69) is 4.98 Å². The van der Waals surface area contributed by atoms with E-state index < -0.39 is 5.92 Å². The maximum Gasteiger partial charge on any atom is 0.153 e. The molecule has 68 valence electrons. The van der Waals surface area contributed by atoms with Crippen molar-refractivity contribution in [3.05, 3.63) is 29.3 Å². The Kier molecular flexibility index (Phi) is 2.25. The van der Waals surface area contributed by atoms with Gasteiger partial charge in [-0.3, -0.25) is 0 Å². The number of nitriles is 1. The average Bonchev–Trinajstić information content (AvgIpc) is 2.63. The highest BCUT2D eigenvalue weighted by Crippen LogP contribution is 2.25. The number of nitrogens with zero attached hydrogens (tertiary/aromatic N) is 2. The third kappa shape index (κ3) is 1.38. The average molecular weight is 202 g/mol. The molecular weight excluding hydrogens is 196 g/mol. The summed E-state index contributed by atoms with van der Waals surface area (Å²) in [4.78, 5) is 14.8. The monoisotopic (exact) mass is 202 g/mol. The van der Waals surface area contributed by atoms with Crippen LogP contribution in [-0.2, 0) is 4.79 Å². The lowest BCUT2D eigenvalue weighted by atomic mass is 10.2. The fourth-order valence-corrected chi connectivity index (χ4v) is 2.14. The van der Waals surface area contributed by atoms with Crippen LogP contribution in [0.1, 0.15) is 10.9 Å². The summed E-state index contributed by atoms with van der Waals surface area (Å²) in [5, 5.41) is 9.26. The standard InChI is InChI=1S/C10H6N2OS/c11-5-7(6-13)10-12-8-3-1-2-4-9(8)14-10/h1-4,6-7H/t7-/m0/s1. The van der Waals surface area contributed by atoms with E-state index in [0.29, 0.717) is 11.3 Å². The topological polar surface area (TPSA) is 53.8 Å². The third-order valence-electron chi connectivity index (χ3n) is 1.85. The maximum atomic E-state index is 10.6. The molecule has 0 radical (unpaired) electrons. The van der Waals surface area contributed by atoms with E-state index in [1.807, 2.05) is 30.3 Å². The lowest BCUT2D eigenvalue weighted by molar-refractivity contribution is -0.108. The Morgan fingerprint density at radius 1 is 1.50 bits per heavy atom. The summed E-state index contributed by atoms with van der Waals surface area (Å²) >= 11 is 1.39. The molecule has 0 saturated heterocycles. The van der Waals surface area contributed by atoms with Crippen molar-refractivity contribution in [1.82, 2.24) is 4.98 Å². The summed E-state index contributed by atoms with van der Waals surface area (Å²) < 4.78 is 1.00. The van der Waals surface area contributed by atoms with Crippen LogP contribution in [0.2, 0.25) is 0 Å². The molecule has 0 aliphatic carbocycles. The van der Waals surface area contributed by atoms with Gasteiger partial charge in [0.05, 0.1) is 16.3 Å². The number of para-hydroxylation sites is 1. The minimum atomic E-state index is -0.729. The first kappa shape index (κ1) is 8.85. The first-order valence-corrected chi connectivity index (χ1v) is 4.87. The molecule has 4 heteroatoms. The second-order valence-electron chi connectivity index (χ2n) is 2.76. The highest BCUT2D eigenvalue weighted by Gasteiger charge is 2.13. The Morgan fingerprint density at radius 2 is 2.29 bits per heavy atom. The molecule has 0 N–H and O–H groups in total. The minimum absolute atomic E-state index is 0.573. The summed E-state index contributed by atoms with van der Waals surface area (Å²) in [5.74, 6) is -0.729. The number of thiazole rings is 1. The van der Waals surface area contributed by atoms with Crippen molar-refractivity contribution < 1.29 is 4.79 Å². The van der Waals surface area contributed by atoms with Gasteiger partial charge in [0.15, 0.2) is 5.92 Å². The number of aromatic nitrogens is 1. The first-order chi connectivity index (χ1) is 6.85. The molecule has 1 aromatic heterocycles. The number of hydrogen-bond acceptors (Lipinski definition) is 4. The third-order valence-corrected chi connectivity index (χ3v) is 2.97. The van der Waals surface area contributed by atoms with E-state index in [9.17, 15) is 4.79 Å². The second kappa shape index (κ2) is 3.56. The van der Waals surface area contributed by atoms with Crippen LogP contribution >= 0.6 is 11.3 Å². The summed E-state index contributed by atoms with van der Waals surface area (Å²) in [6.07, 6.45) is 0.623. The zero-order valence-corrected chi connectivity index (χ0v) is 7.99. The van der Waals surface area contributed by atoms with E-state index in [4.69, 9.17) is 5.26 Å². The molecule has 0 amide bonds. The SMILES string of the molecule is N#C[C@@H](C=O)c1nc2ccccc2s1. The Labute approximate surface area is 84.6 Å². The zero-order valence-electron chi connectivity index (χ0n) is 7.18. The van der Waals surface area contributed by atoms with Gasteiger partial charge in [0.1, 0.15) is 11.3 Å². The molecule has 0 saturated carbocycles. The molecule has 2 aromatic rings. The Balaban J connectivity index is 2.55. The van der Waals surface area contributed by atoms with E-state index in [1.165, 1.54) is 11.3 Å². The van der Waals surface area contributed by atoms with Crippen molar-refractivity contribution in [2.75, 3.05) is 0 Å². The van der Waals surface area contributed by atoms with Gasteiger partial charge >= 0.3 is 0 Å². The van der Waals surface area contributed by atoms with Gasteiger partial charge in [-0.1, -0.05) is 12.1 Å². The van der Waals surface area contributed by atoms with Gasteiger partial charge in [0, 0.05) is 0 Å². The molecule has 1 atom stereocenters. The van der Waals surface area contributed by atoms with E-state index in [1.54, 1.807) is 0 Å². The van der Waals surface area contributed by atoms with Crippen molar-refractivity contribution in [2.24, 2.45) is 0 Å². The fraction of sp³-hybridized carbons (Fsp3) is 0.100. The molecule has 0 unspecified atom stereocenters.